The van der Waals surface area contributed by atoms with Crippen molar-refractivity contribution in [2.75, 3.05) is 10.0 Å². The number of fused-ring (bicyclic) bond motifs is 1. The third-order valence-corrected chi connectivity index (χ3v) is 6.34. The van der Waals surface area contributed by atoms with E-state index < -0.39 is 21.7 Å². The zero-order valence-electron chi connectivity index (χ0n) is 16.0. The molecule has 2 N–H and O–H groups in total. The van der Waals surface area contributed by atoms with Crippen molar-refractivity contribution in [3.05, 3.63) is 101 Å². The predicted molar refractivity (Wildman–Crippen MR) is 121 cm³/mol. The fraction of sp³-hybridized carbons (Fsp3) is 0. The Morgan fingerprint density at radius 3 is 2.32 bits per heavy atom. The number of rotatable bonds is 5. The van der Waals surface area contributed by atoms with Crippen LogP contribution in [-0.4, -0.2) is 14.3 Å². The second kappa shape index (κ2) is 8.37. The van der Waals surface area contributed by atoms with E-state index in [-0.39, 0.29) is 21.2 Å². The summed E-state index contributed by atoms with van der Waals surface area (Å²) >= 11 is 5.99. The molecule has 0 aliphatic carbocycles. The Kier molecular flexibility index (Phi) is 5.63. The summed E-state index contributed by atoms with van der Waals surface area (Å²) in [5.74, 6) is -1.49. The van der Waals surface area contributed by atoms with Gasteiger partial charge in [0.25, 0.3) is 15.9 Å². The number of carbonyl (C=O) groups is 1. The molecule has 0 heterocycles. The minimum absolute atomic E-state index is 0.158. The van der Waals surface area contributed by atoms with E-state index in [0.29, 0.717) is 5.69 Å². The van der Waals surface area contributed by atoms with Crippen LogP contribution >= 0.6 is 11.6 Å². The van der Waals surface area contributed by atoms with Crippen LogP contribution in [0.4, 0.5) is 15.8 Å². The van der Waals surface area contributed by atoms with Gasteiger partial charge in [-0.1, -0.05) is 60.1 Å². The number of hydrogen-bond acceptors (Lipinski definition) is 3. The van der Waals surface area contributed by atoms with Gasteiger partial charge in [0.15, 0.2) is 0 Å². The van der Waals surface area contributed by atoms with Gasteiger partial charge in [-0.2, -0.15) is 0 Å². The van der Waals surface area contributed by atoms with E-state index in [9.17, 15) is 17.6 Å². The molecule has 0 aliphatic heterocycles. The quantitative estimate of drug-likeness (QED) is 0.407. The van der Waals surface area contributed by atoms with Crippen LogP contribution in [0.5, 0.6) is 0 Å². The highest BCUT2D eigenvalue weighted by atomic mass is 35.5. The van der Waals surface area contributed by atoms with Gasteiger partial charge < -0.3 is 5.32 Å². The molecular weight excluding hydrogens is 439 g/mol. The van der Waals surface area contributed by atoms with E-state index >= 15 is 0 Å². The molecule has 5 nitrogen and oxygen atoms in total. The van der Waals surface area contributed by atoms with Crippen LogP contribution in [0.1, 0.15) is 10.4 Å². The Morgan fingerprint density at radius 1 is 0.839 bits per heavy atom. The summed E-state index contributed by atoms with van der Waals surface area (Å²) in [6, 6.07) is 22.2. The molecule has 0 saturated carbocycles. The lowest BCUT2D eigenvalue weighted by Gasteiger charge is -2.12. The van der Waals surface area contributed by atoms with E-state index in [2.05, 4.69) is 10.0 Å². The summed E-state index contributed by atoms with van der Waals surface area (Å²) in [5.41, 5.74) is 0.404. The van der Waals surface area contributed by atoms with E-state index in [1.54, 1.807) is 42.5 Å². The Hall–Kier alpha value is -3.42. The first-order valence-electron chi connectivity index (χ1n) is 9.21. The third-order valence-electron chi connectivity index (χ3n) is 4.65. The average molecular weight is 455 g/mol. The number of nitrogens with one attached hydrogen (secondary N) is 2. The molecule has 31 heavy (non-hydrogen) atoms. The van der Waals surface area contributed by atoms with E-state index in [0.717, 1.165) is 16.8 Å². The maximum atomic E-state index is 14.6. The number of benzene rings is 4. The van der Waals surface area contributed by atoms with Crippen LogP contribution in [0.2, 0.25) is 5.02 Å². The largest absolute Gasteiger partial charge is 0.319 e. The van der Waals surface area contributed by atoms with Crippen LogP contribution in [0, 0.1) is 5.82 Å². The zero-order valence-corrected chi connectivity index (χ0v) is 17.5. The first-order chi connectivity index (χ1) is 14.8. The van der Waals surface area contributed by atoms with Gasteiger partial charge in [0, 0.05) is 5.39 Å². The zero-order chi connectivity index (χ0) is 22.0. The van der Waals surface area contributed by atoms with Gasteiger partial charge >= 0.3 is 0 Å². The van der Waals surface area contributed by atoms with Crippen molar-refractivity contribution < 1.29 is 17.6 Å². The fourth-order valence-corrected chi connectivity index (χ4v) is 4.43. The number of sulfonamides is 1. The molecule has 4 rings (SSSR count). The first kappa shape index (κ1) is 20.8. The second-order valence-corrected chi connectivity index (χ2v) is 8.80. The average Bonchev–Trinajstić information content (AvgIpc) is 2.75. The number of amides is 1. The van der Waals surface area contributed by atoms with Gasteiger partial charge in [0.05, 0.1) is 26.9 Å². The van der Waals surface area contributed by atoms with Crippen molar-refractivity contribution in [3.63, 3.8) is 0 Å². The lowest BCUT2D eigenvalue weighted by atomic mass is 10.1. The maximum absolute atomic E-state index is 14.6. The van der Waals surface area contributed by atoms with Gasteiger partial charge in [-0.15, -0.1) is 0 Å². The second-order valence-electron chi connectivity index (χ2n) is 6.71. The Morgan fingerprint density at radius 2 is 1.55 bits per heavy atom. The summed E-state index contributed by atoms with van der Waals surface area (Å²) < 4.78 is 42.7. The third kappa shape index (κ3) is 4.38. The van der Waals surface area contributed by atoms with Crippen molar-refractivity contribution in [2.24, 2.45) is 0 Å². The SMILES string of the molecule is O=C(Nc1ccc(S(=O)(=O)Nc2cccc3ccccc23)cc1F)c1ccccc1Cl. The van der Waals surface area contributed by atoms with Crippen molar-refractivity contribution in [3.8, 4) is 0 Å². The van der Waals surface area contributed by atoms with Crippen molar-refractivity contribution >= 4 is 49.7 Å². The van der Waals surface area contributed by atoms with E-state index in [1.807, 2.05) is 18.2 Å². The number of anilines is 2. The molecule has 0 unspecified atom stereocenters. The van der Waals surface area contributed by atoms with Crippen LogP contribution in [-0.2, 0) is 10.0 Å². The minimum atomic E-state index is -4.06. The summed E-state index contributed by atoms with van der Waals surface area (Å²) in [7, 11) is -4.06. The van der Waals surface area contributed by atoms with Crippen LogP contribution in [0.25, 0.3) is 10.8 Å². The van der Waals surface area contributed by atoms with E-state index in [4.69, 9.17) is 11.6 Å². The number of hydrogen-bond donors (Lipinski definition) is 2. The van der Waals surface area contributed by atoms with Crippen molar-refractivity contribution in [2.45, 2.75) is 4.90 Å². The molecule has 156 valence electrons. The normalized spacial score (nSPS) is 11.3. The topological polar surface area (TPSA) is 75.3 Å². The minimum Gasteiger partial charge on any atom is -0.319 e. The van der Waals surface area contributed by atoms with Gasteiger partial charge in [-0.05, 0) is 41.8 Å². The van der Waals surface area contributed by atoms with Gasteiger partial charge in [0.1, 0.15) is 5.82 Å². The Bertz CT molecular complexity index is 1400. The molecule has 0 atom stereocenters. The highest BCUT2D eigenvalue weighted by Crippen LogP contribution is 2.27. The monoisotopic (exact) mass is 454 g/mol. The first-order valence-corrected chi connectivity index (χ1v) is 11.1. The lowest BCUT2D eigenvalue weighted by Crippen LogP contribution is -2.16. The molecule has 8 heteroatoms. The molecule has 0 fully saturated rings. The van der Waals surface area contributed by atoms with Gasteiger partial charge in [0.2, 0.25) is 0 Å². The van der Waals surface area contributed by atoms with Crippen LogP contribution in [0.15, 0.2) is 89.8 Å². The van der Waals surface area contributed by atoms with Crippen molar-refractivity contribution in [1.82, 2.24) is 0 Å². The molecule has 0 bridgehead atoms. The molecule has 0 radical (unpaired) electrons. The van der Waals surface area contributed by atoms with Gasteiger partial charge in [-0.3, -0.25) is 9.52 Å². The summed E-state index contributed by atoms with van der Waals surface area (Å²) in [4.78, 5) is 12.1. The predicted octanol–water partition coefficient (Wildman–Crippen LogP) is 5.69. The lowest BCUT2D eigenvalue weighted by molar-refractivity contribution is 0.102. The van der Waals surface area contributed by atoms with E-state index in [1.165, 1.54) is 18.2 Å². The summed E-state index contributed by atoms with van der Waals surface area (Å²) in [5, 5.41) is 4.21. The van der Waals surface area contributed by atoms with Crippen LogP contribution in [0.3, 0.4) is 0 Å². The highest BCUT2D eigenvalue weighted by molar-refractivity contribution is 7.92. The van der Waals surface area contributed by atoms with Crippen molar-refractivity contribution in [1.29, 1.82) is 0 Å². The maximum Gasteiger partial charge on any atom is 0.262 e. The summed E-state index contributed by atoms with van der Waals surface area (Å²) in [6.07, 6.45) is 0. The number of carbonyl (C=O) groups excluding carboxylic acids is 1. The van der Waals surface area contributed by atoms with Gasteiger partial charge in [-0.25, -0.2) is 12.8 Å². The molecule has 0 aromatic heterocycles. The fourth-order valence-electron chi connectivity index (χ4n) is 3.12. The molecule has 0 spiro atoms. The Labute approximate surface area is 183 Å². The molecule has 0 saturated heterocycles. The smallest absolute Gasteiger partial charge is 0.262 e. The molecule has 0 aliphatic rings. The standard InChI is InChI=1S/C23H16ClFN2O3S/c24-19-10-4-3-9-18(19)23(28)26-22-13-12-16(14-20(22)25)31(29,30)27-21-11-5-7-15-6-1-2-8-17(15)21/h1-14,27H,(H,26,28). The molecule has 4 aromatic rings. The molecule has 4 aromatic carbocycles. The molecule has 1 amide bonds. The summed E-state index contributed by atoms with van der Waals surface area (Å²) in [6.45, 7) is 0. The highest BCUT2D eigenvalue weighted by Gasteiger charge is 2.19. The molecular formula is C23H16ClFN2O3S. The number of halogens is 2. The van der Waals surface area contributed by atoms with Crippen LogP contribution < -0.4 is 10.0 Å². The Balaban J connectivity index is 1.59.